The predicted octanol–water partition coefficient (Wildman–Crippen LogP) is 9.65. The molecule has 1 aliphatic rings. The Morgan fingerprint density at radius 1 is 0.500 bits per heavy atom. The highest BCUT2D eigenvalue weighted by Crippen LogP contribution is 2.41. The van der Waals surface area contributed by atoms with Gasteiger partial charge in [0.2, 0.25) is 0 Å². The number of hydrogen-bond donors (Lipinski definition) is 1. The van der Waals surface area contributed by atoms with Crippen LogP contribution in [-0.2, 0) is 0 Å². The fraction of sp³-hybridized carbons (Fsp3) is 0.0256. The Bertz CT molecular complexity index is 2420. The van der Waals surface area contributed by atoms with Gasteiger partial charge in [-0.25, -0.2) is 9.98 Å². The number of rotatable bonds is 4. The SMILES string of the molecule is c1ccc(C2=NC(c3cccc4oc5ccc(-c6cccc7oc8ccccc8c67)cc5c34)NC(c3ccccc3)=N2)cc1. The lowest BCUT2D eigenvalue weighted by atomic mass is 9.96. The summed E-state index contributed by atoms with van der Waals surface area (Å²) in [6.45, 7) is 0. The summed E-state index contributed by atoms with van der Waals surface area (Å²) in [7, 11) is 0. The van der Waals surface area contributed by atoms with E-state index < -0.39 is 0 Å². The average molecular weight is 568 g/mol. The summed E-state index contributed by atoms with van der Waals surface area (Å²) in [5.74, 6) is 1.48. The van der Waals surface area contributed by atoms with Crippen molar-refractivity contribution in [1.82, 2.24) is 5.32 Å². The number of benzene rings is 6. The van der Waals surface area contributed by atoms with E-state index in [9.17, 15) is 0 Å². The third-order valence-electron chi connectivity index (χ3n) is 8.36. The fourth-order valence-corrected chi connectivity index (χ4v) is 6.33. The molecule has 0 amide bonds. The van der Waals surface area contributed by atoms with Crippen LogP contribution in [0.15, 0.2) is 158 Å². The van der Waals surface area contributed by atoms with Crippen molar-refractivity contribution >= 4 is 55.5 Å². The largest absolute Gasteiger partial charge is 0.456 e. The van der Waals surface area contributed by atoms with Gasteiger partial charge in [-0.3, -0.25) is 0 Å². The number of fused-ring (bicyclic) bond motifs is 6. The monoisotopic (exact) mass is 567 g/mol. The Hall–Kier alpha value is -5.94. The van der Waals surface area contributed by atoms with E-state index in [0.29, 0.717) is 5.84 Å². The lowest BCUT2D eigenvalue weighted by Gasteiger charge is -2.24. The topological polar surface area (TPSA) is 63.0 Å². The third kappa shape index (κ3) is 3.94. The fourth-order valence-electron chi connectivity index (χ4n) is 6.33. The minimum atomic E-state index is -0.368. The van der Waals surface area contributed by atoms with Crippen molar-refractivity contribution in [2.45, 2.75) is 6.17 Å². The van der Waals surface area contributed by atoms with Crippen molar-refractivity contribution < 1.29 is 8.83 Å². The molecular formula is C39H25N3O2. The molecule has 9 rings (SSSR count). The molecule has 1 N–H and O–H groups in total. The second kappa shape index (κ2) is 9.82. The molecule has 208 valence electrons. The second-order valence-corrected chi connectivity index (χ2v) is 11.0. The zero-order valence-corrected chi connectivity index (χ0v) is 23.6. The molecule has 8 aromatic rings. The highest BCUT2D eigenvalue weighted by molar-refractivity contribution is 6.16. The van der Waals surface area contributed by atoms with Crippen molar-refractivity contribution in [3.63, 3.8) is 0 Å². The molecule has 1 aliphatic heterocycles. The molecule has 3 heterocycles. The first kappa shape index (κ1) is 24.6. The molecular weight excluding hydrogens is 542 g/mol. The van der Waals surface area contributed by atoms with Crippen molar-refractivity contribution in [2.75, 3.05) is 0 Å². The first-order valence-corrected chi connectivity index (χ1v) is 14.7. The minimum absolute atomic E-state index is 0.368. The number of nitrogens with zero attached hydrogens (tertiary/aromatic N) is 2. The molecule has 0 spiro atoms. The van der Waals surface area contributed by atoms with Crippen molar-refractivity contribution in [3.8, 4) is 11.1 Å². The van der Waals surface area contributed by atoms with E-state index in [1.807, 2.05) is 78.9 Å². The zero-order chi connectivity index (χ0) is 29.0. The number of furan rings is 2. The van der Waals surface area contributed by atoms with Gasteiger partial charge in [0, 0.05) is 38.2 Å². The summed E-state index contributed by atoms with van der Waals surface area (Å²) < 4.78 is 12.6. The maximum absolute atomic E-state index is 6.42. The van der Waals surface area contributed by atoms with Crippen molar-refractivity contribution in [2.24, 2.45) is 9.98 Å². The third-order valence-corrected chi connectivity index (χ3v) is 8.36. The smallest absolute Gasteiger partial charge is 0.159 e. The molecule has 5 heteroatoms. The van der Waals surface area contributed by atoms with Gasteiger partial charge in [-0.2, -0.15) is 0 Å². The molecule has 2 aromatic heterocycles. The van der Waals surface area contributed by atoms with E-state index >= 15 is 0 Å². The van der Waals surface area contributed by atoms with Gasteiger partial charge in [0.05, 0.1) is 0 Å². The molecule has 0 radical (unpaired) electrons. The molecule has 0 bridgehead atoms. The van der Waals surface area contributed by atoms with Gasteiger partial charge in [0.1, 0.15) is 34.3 Å². The Labute approximate surface area is 252 Å². The highest BCUT2D eigenvalue weighted by atomic mass is 16.3. The van der Waals surface area contributed by atoms with Crippen LogP contribution in [0.2, 0.25) is 0 Å². The summed E-state index contributed by atoms with van der Waals surface area (Å²) in [5, 5.41) is 7.93. The van der Waals surface area contributed by atoms with Crippen LogP contribution in [0.25, 0.3) is 55.0 Å². The van der Waals surface area contributed by atoms with E-state index in [1.165, 1.54) is 0 Å². The number of nitrogens with one attached hydrogen (secondary N) is 1. The normalized spacial score (nSPS) is 15.0. The van der Waals surface area contributed by atoms with Crippen LogP contribution in [0.1, 0.15) is 22.9 Å². The highest BCUT2D eigenvalue weighted by Gasteiger charge is 2.25. The maximum atomic E-state index is 6.42. The molecule has 0 saturated carbocycles. The lowest BCUT2D eigenvalue weighted by Crippen LogP contribution is -2.33. The van der Waals surface area contributed by atoms with Gasteiger partial charge in [-0.05, 0) is 41.5 Å². The van der Waals surface area contributed by atoms with Crippen LogP contribution < -0.4 is 5.32 Å². The van der Waals surface area contributed by atoms with Gasteiger partial charge < -0.3 is 14.2 Å². The van der Waals surface area contributed by atoms with E-state index in [0.717, 1.165) is 77.5 Å². The Kier molecular flexibility index (Phi) is 5.50. The van der Waals surface area contributed by atoms with Crippen LogP contribution in [0.5, 0.6) is 0 Å². The lowest BCUT2D eigenvalue weighted by molar-refractivity contribution is 0.662. The Morgan fingerprint density at radius 2 is 1.16 bits per heavy atom. The standard InChI is InChI=1S/C39H25N3O2/c1-3-11-24(12-4-1)37-40-38(25-13-5-2-6-14-25)42-39(41-37)29-17-10-20-34-36(29)30-23-26(21-22-32(30)44-34)27-16-9-19-33-35(27)28-15-7-8-18-31(28)43-33/h1-23,39H,(H,40,41,42). The van der Waals surface area contributed by atoms with Gasteiger partial charge in [-0.15, -0.1) is 0 Å². The van der Waals surface area contributed by atoms with Crippen LogP contribution in [0, 0.1) is 0 Å². The molecule has 1 atom stereocenters. The van der Waals surface area contributed by atoms with Crippen molar-refractivity contribution in [3.05, 3.63) is 156 Å². The first-order valence-electron chi connectivity index (χ1n) is 14.7. The molecule has 0 saturated heterocycles. The zero-order valence-electron chi connectivity index (χ0n) is 23.6. The van der Waals surface area contributed by atoms with Gasteiger partial charge in [0.15, 0.2) is 5.84 Å². The Balaban J connectivity index is 1.24. The van der Waals surface area contributed by atoms with Gasteiger partial charge in [-0.1, -0.05) is 109 Å². The van der Waals surface area contributed by atoms with E-state index in [4.69, 9.17) is 18.8 Å². The summed E-state index contributed by atoms with van der Waals surface area (Å²) in [6, 6.07) is 47.4. The summed E-state index contributed by atoms with van der Waals surface area (Å²) in [4.78, 5) is 10.1. The molecule has 0 fully saturated rings. The predicted molar refractivity (Wildman–Crippen MR) is 178 cm³/mol. The van der Waals surface area contributed by atoms with Crippen molar-refractivity contribution in [1.29, 1.82) is 0 Å². The van der Waals surface area contributed by atoms with Crippen LogP contribution in [0.3, 0.4) is 0 Å². The quantitative estimate of drug-likeness (QED) is 0.230. The number of amidine groups is 2. The van der Waals surface area contributed by atoms with Crippen LogP contribution >= 0.6 is 0 Å². The van der Waals surface area contributed by atoms with Crippen LogP contribution in [-0.4, -0.2) is 11.7 Å². The molecule has 44 heavy (non-hydrogen) atoms. The second-order valence-electron chi connectivity index (χ2n) is 11.0. The van der Waals surface area contributed by atoms with E-state index in [2.05, 4.69) is 66.0 Å². The first-order chi connectivity index (χ1) is 21.8. The van der Waals surface area contributed by atoms with E-state index in [-0.39, 0.29) is 6.17 Å². The van der Waals surface area contributed by atoms with Gasteiger partial charge in [0.25, 0.3) is 0 Å². The number of para-hydroxylation sites is 1. The summed E-state index contributed by atoms with van der Waals surface area (Å²) in [6.07, 6.45) is -0.368. The van der Waals surface area contributed by atoms with Gasteiger partial charge >= 0.3 is 0 Å². The van der Waals surface area contributed by atoms with E-state index in [1.54, 1.807) is 0 Å². The number of hydrogen-bond acceptors (Lipinski definition) is 5. The van der Waals surface area contributed by atoms with Crippen LogP contribution in [0.4, 0.5) is 0 Å². The summed E-state index contributed by atoms with van der Waals surface area (Å²) in [5.41, 5.74) is 8.66. The Morgan fingerprint density at radius 3 is 1.98 bits per heavy atom. The summed E-state index contributed by atoms with van der Waals surface area (Å²) >= 11 is 0. The molecule has 1 unspecified atom stereocenters. The average Bonchev–Trinajstić information content (AvgIpc) is 3.67. The minimum Gasteiger partial charge on any atom is -0.456 e. The number of aliphatic imine (C=N–C) groups is 2. The maximum Gasteiger partial charge on any atom is 0.159 e. The molecule has 5 nitrogen and oxygen atoms in total. The molecule has 6 aromatic carbocycles. The molecule has 0 aliphatic carbocycles.